The third-order valence-corrected chi connectivity index (χ3v) is 2.41. The Morgan fingerprint density at radius 2 is 2.06 bits per heavy atom. The highest BCUT2D eigenvalue weighted by molar-refractivity contribution is 5.17. The van der Waals surface area contributed by atoms with Crippen molar-refractivity contribution in [1.29, 1.82) is 0 Å². The van der Waals surface area contributed by atoms with Gasteiger partial charge in [0.25, 0.3) is 0 Å². The van der Waals surface area contributed by atoms with Crippen LogP contribution in [-0.2, 0) is 0 Å². The molecule has 1 unspecified atom stereocenters. The summed E-state index contributed by atoms with van der Waals surface area (Å²) in [4.78, 5) is 4.03. The van der Waals surface area contributed by atoms with Crippen molar-refractivity contribution in [2.24, 2.45) is 0 Å². The van der Waals surface area contributed by atoms with E-state index < -0.39 is 18.6 Å². The molecule has 0 aliphatic carbocycles. The largest absolute Gasteiger partial charge is 0.390 e. The zero-order valence-electron chi connectivity index (χ0n) is 10.0. The van der Waals surface area contributed by atoms with E-state index in [0.29, 0.717) is 12.1 Å². The van der Waals surface area contributed by atoms with Gasteiger partial charge < -0.3 is 5.32 Å². The Morgan fingerprint density at radius 3 is 2.53 bits per heavy atom. The van der Waals surface area contributed by atoms with Crippen molar-refractivity contribution in [3.8, 4) is 0 Å². The van der Waals surface area contributed by atoms with Gasteiger partial charge in [-0.1, -0.05) is 13.0 Å². The maximum atomic E-state index is 12.4. The van der Waals surface area contributed by atoms with Crippen LogP contribution in [0.15, 0.2) is 18.3 Å². The lowest BCUT2D eigenvalue weighted by atomic mass is 10.1. The Hall–Kier alpha value is -1.10. The normalized spacial score (nSPS) is 13.7. The first-order chi connectivity index (χ1) is 7.92. The summed E-state index contributed by atoms with van der Waals surface area (Å²) in [5, 5.41) is 2.90. The number of halogens is 3. The Labute approximate surface area is 99.3 Å². The molecule has 1 N–H and O–H groups in total. The molecule has 0 aliphatic heterocycles. The number of alkyl halides is 3. The number of nitrogens with zero attached hydrogens (tertiary/aromatic N) is 1. The van der Waals surface area contributed by atoms with Crippen molar-refractivity contribution in [3.05, 3.63) is 29.6 Å². The Morgan fingerprint density at radius 1 is 1.35 bits per heavy atom. The highest BCUT2D eigenvalue weighted by atomic mass is 19.4. The van der Waals surface area contributed by atoms with Crippen molar-refractivity contribution in [2.45, 2.75) is 38.9 Å². The summed E-state index contributed by atoms with van der Waals surface area (Å²) >= 11 is 0. The molecule has 0 saturated carbocycles. The van der Waals surface area contributed by atoms with Crippen LogP contribution in [0.1, 0.15) is 37.1 Å². The molecular weight excluding hydrogens is 229 g/mol. The van der Waals surface area contributed by atoms with Gasteiger partial charge in [-0.3, -0.25) is 4.98 Å². The summed E-state index contributed by atoms with van der Waals surface area (Å²) in [5.74, 6) is 0. The molecule has 0 saturated heterocycles. The van der Waals surface area contributed by atoms with Crippen molar-refractivity contribution in [2.75, 3.05) is 6.54 Å². The molecule has 1 aromatic heterocycles. The topological polar surface area (TPSA) is 24.9 Å². The van der Waals surface area contributed by atoms with E-state index >= 15 is 0 Å². The second-order valence-corrected chi connectivity index (χ2v) is 4.06. The number of aromatic nitrogens is 1. The number of hydrogen-bond donors (Lipinski definition) is 1. The molecule has 0 radical (unpaired) electrons. The predicted octanol–water partition coefficient (Wildman–Crippen LogP) is 3.38. The standard InChI is InChI=1S/C12H17F3N2/c1-3-6-16-11(7-12(13,14)15)10-5-4-9(2)17-8-10/h4-5,8,11,16H,3,6-7H2,1-2H3. The minimum Gasteiger partial charge on any atom is -0.310 e. The molecular formula is C12H17F3N2. The maximum absolute atomic E-state index is 12.4. The molecule has 0 amide bonds. The van der Waals surface area contributed by atoms with E-state index in [4.69, 9.17) is 0 Å². The van der Waals surface area contributed by atoms with Crippen LogP contribution in [0.5, 0.6) is 0 Å². The molecule has 1 atom stereocenters. The van der Waals surface area contributed by atoms with Gasteiger partial charge in [0.05, 0.1) is 6.42 Å². The van der Waals surface area contributed by atoms with Gasteiger partial charge in [-0.25, -0.2) is 0 Å². The quantitative estimate of drug-likeness (QED) is 0.861. The van der Waals surface area contributed by atoms with Crippen LogP contribution in [-0.4, -0.2) is 17.7 Å². The zero-order chi connectivity index (χ0) is 12.9. The number of pyridine rings is 1. The summed E-state index contributed by atoms with van der Waals surface area (Å²) in [6.45, 7) is 4.29. The first-order valence-corrected chi connectivity index (χ1v) is 5.65. The summed E-state index contributed by atoms with van der Waals surface area (Å²) in [5.41, 5.74) is 1.39. The Balaban J connectivity index is 2.78. The fraction of sp³-hybridized carbons (Fsp3) is 0.583. The highest BCUT2D eigenvalue weighted by Gasteiger charge is 2.32. The third kappa shape index (κ3) is 5.17. The lowest BCUT2D eigenvalue weighted by molar-refractivity contribution is -0.140. The summed E-state index contributed by atoms with van der Waals surface area (Å²) in [6.07, 6.45) is -2.73. The maximum Gasteiger partial charge on any atom is 0.390 e. The molecule has 17 heavy (non-hydrogen) atoms. The predicted molar refractivity (Wildman–Crippen MR) is 60.7 cm³/mol. The van der Waals surface area contributed by atoms with Gasteiger partial charge in [0, 0.05) is 17.9 Å². The van der Waals surface area contributed by atoms with Gasteiger partial charge in [0.15, 0.2) is 0 Å². The van der Waals surface area contributed by atoms with E-state index in [1.54, 1.807) is 12.1 Å². The average Bonchev–Trinajstić information content (AvgIpc) is 2.24. The van der Waals surface area contributed by atoms with E-state index in [9.17, 15) is 13.2 Å². The molecule has 0 fully saturated rings. The smallest absolute Gasteiger partial charge is 0.310 e. The molecule has 1 rings (SSSR count). The molecule has 0 spiro atoms. The van der Waals surface area contributed by atoms with Crippen LogP contribution in [0.3, 0.4) is 0 Å². The number of aryl methyl sites for hydroxylation is 1. The molecule has 1 aromatic rings. The number of hydrogen-bond acceptors (Lipinski definition) is 2. The van der Waals surface area contributed by atoms with Crippen LogP contribution in [0.4, 0.5) is 13.2 Å². The molecule has 0 bridgehead atoms. The molecule has 5 heteroatoms. The van der Waals surface area contributed by atoms with E-state index in [-0.39, 0.29) is 0 Å². The van der Waals surface area contributed by atoms with E-state index in [0.717, 1.165) is 12.1 Å². The fourth-order valence-corrected chi connectivity index (χ4v) is 1.54. The van der Waals surface area contributed by atoms with Crippen molar-refractivity contribution in [1.82, 2.24) is 10.3 Å². The fourth-order valence-electron chi connectivity index (χ4n) is 1.54. The molecule has 0 aliphatic rings. The minimum absolute atomic E-state index is 0.564. The van der Waals surface area contributed by atoms with Crippen LogP contribution < -0.4 is 5.32 Å². The Bertz CT molecular complexity index is 333. The van der Waals surface area contributed by atoms with Gasteiger partial charge >= 0.3 is 6.18 Å². The Kier molecular flexibility index (Phi) is 4.93. The van der Waals surface area contributed by atoms with E-state index in [1.807, 2.05) is 13.8 Å². The average molecular weight is 246 g/mol. The first-order valence-electron chi connectivity index (χ1n) is 5.65. The minimum atomic E-state index is -4.17. The summed E-state index contributed by atoms with van der Waals surface area (Å²) in [6, 6.07) is 2.72. The zero-order valence-corrected chi connectivity index (χ0v) is 10.0. The summed E-state index contributed by atoms with van der Waals surface area (Å²) in [7, 11) is 0. The molecule has 2 nitrogen and oxygen atoms in total. The molecule has 96 valence electrons. The van der Waals surface area contributed by atoms with Gasteiger partial charge in [-0.15, -0.1) is 0 Å². The van der Waals surface area contributed by atoms with Crippen LogP contribution in [0, 0.1) is 6.92 Å². The van der Waals surface area contributed by atoms with Gasteiger partial charge in [0.1, 0.15) is 0 Å². The van der Waals surface area contributed by atoms with Crippen molar-refractivity contribution >= 4 is 0 Å². The number of nitrogens with one attached hydrogen (secondary N) is 1. The van der Waals surface area contributed by atoms with E-state index in [1.165, 1.54) is 6.20 Å². The highest BCUT2D eigenvalue weighted by Crippen LogP contribution is 2.29. The van der Waals surface area contributed by atoms with Crippen LogP contribution in [0.2, 0.25) is 0 Å². The molecule has 1 heterocycles. The first kappa shape index (κ1) is 14.0. The van der Waals surface area contributed by atoms with Crippen molar-refractivity contribution < 1.29 is 13.2 Å². The third-order valence-electron chi connectivity index (χ3n) is 2.41. The monoisotopic (exact) mass is 246 g/mol. The van der Waals surface area contributed by atoms with Gasteiger partial charge in [-0.2, -0.15) is 13.2 Å². The summed E-state index contributed by atoms with van der Waals surface area (Å²) < 4.78 is 37.3. The number of rotatable bonds is 5. The van der Waals surface area contributed by atoms with Crippen LogP contribution in [0.25, 0.3) is 0 Å². The van der Waals surface area contributed by atoms with Crippen molar-refractivity contribution in [3.63, 3.8) is 0 Å². The lowest BCUT2D eigenvalue weighted by Crippen LogP contribution is -2.27. The molecule has 0 aromatic carbocycles. The lowest BCUT2D eigenvalue weighted by Gasteiger charge is -2.20. The van der Waals surface area contributed by atoms with Gasteiger partial charge in [0.2, 0.25) is 0 Å². The van der Waals surface area contributed by atoms with Gasteiger partial charge in [-0.05, 0) is 31.5 Å². The van der Waals surface area contributed by atoms with E-state index in [2.05, 4.69) is 10.3 Å². The second-order valence-electron chi connectivity index (χ2n) is 4.06. The SMILES string of the molecule is CCCNC(CC(F)(F)F)c1ccc(C)nc1. The second kappa shape index (κ2) is 6.00. The van der Waals surface area contributed by atoms with Crippen LogP contribution >= 0.6 is 0 Å².